The standard InChI is InChI=1S/C19H31N3O5/c1-6-14-9-13(10-15(7-2)22(14)19(24)27-12(4)5)20-18-21-16(11-26-18)17(23)25-8-3/h11-15H,6-10H2,1-5H3,(H,20,21)/t13?,14-,15+. The number of oxazole rings is 1. The molecule has 0 aromatic carbocycles. The maximum atomic E-state index is 12.6. The second-order valence-corrected chi connectivity index (χ2v) is 7.03. The monoisotopic (exact) mass is 381 g/mol. The fraction of sp³-hybridized carbons (Fsp3) is 0.737. The molecule has 8 nitrogen and oxygen atoms in total. The van der Waals surface area contributed by atoms with Gasteiger partial charge in [0.25, 0.3) is 6.01 Å². The first kappa shape index (κ1) is 21.1. The molecule has 0 bridgehead atoms. The van der Waals surface area contributed by atoms with Crippen molar-refractivity contribution >= 4 is 18.1 Å². The van der Waals surface area contributed by atoms with Crippen LogP contribution in [0.4, 0.5) is 10.8 Å². The molecule has 1 aliphatic rings. The molecular formula is C19H31N3O5. The number of nitrogens with one attached hydrogen (secondary N) is 1. The van der Waals surface area contributed by atoms with Gasteiger partial charge >= 0.3 is 12.1 Å². The number of carbonyl (C=O) groups is 2. The first-order valence-electron chi connectivity index (χ1n) is 9.77. The highest BCUT2D eigenvalue weighted by Crippen LogP contribution is 2.30. The van der Waals surface area contributed by atoms with Crippen molar-refractivity contribution in [1.29, 1.82) is 0 Å². The molecule has 1 aromatic heterocycles. The number of ether oxygens (including phenoxy) is 2. The summed E-state index contributed by atoms with van der Waals surface area (Å²) in [7, 11) is 0. The fourth-order valence-corrected chi connectivity index (χ4v) is 3.50. The second-order valence-electron chi connectivity index (χ2n) is 7.03. The molecule has 2 rings (SSSR count). The highest BCUT2D eigenvalue weighted by molar-refractivity contribution is 5.87. The number of anilines is 1. The number of likely N-dealkylation sites (tertiary alicyclic amines) is 1. The number of hydrogen-bond acceptors (Lipinski definition) is 7. The molecule has 1 unspecified atom stereocenters. The van der Waals surface area contributed by atoms with Crippen molar-refractivity contribution in [2.24, 2.45) is 0 Å². The Morgan fingerprint density at radius 1 is 1.26 bits per heavy atom. The number of rotatable bonds is 7. The molecule has 8 heteroatoms. The third-order valence-electron chi connectivity index (χ3n) is 4.71. The molecule has 0 spiro atoms. The van der Waals surface area contributed by atoms with E-state index in [1.807, 2.05) is 18.7 Å². The minimum absolute atomic E-state index is 0.0759. The molecular weight excluding hydrogens is 350 g/mol. The lowest BCUT2D eigenvalue weighted by Gasteiger charge is -2.44. The number of piperidine rings is 1. The molecule has 1 fully saturated rings. The minimum atomic E-state index is -0.501. The molecule has 27 heavy (non-hydrogen) atoms. The Morgan fingerprint density at radius 2 is 1.89 bits per heavy atom. The largest absolute Gasteiger partial charge is 0.461 e. The molecule has 0 aliphatic carbocycles. The lowest BCUT2D eigenvalue weighted by Crippen LogP contribution is -2.55. The number of nitrogens with zero attached hydrogens (tertiary/aromatic N) is 2. The first-order valence-corrected chi connectivity index (χ1v) is 9.77. The smallest absolute Gasteiger partial charge is 0.410 e. The van der Waals surface area contributed by atoms with E-state index in [0.717, 1.165) is 25.7 Å². The molecule has 1 aliphatic heterocycles. The zero-order chi connectivity index (χ0) is 20.0. The van der Waals surface area contributed by atoms with Gasteiger partial charge in [0, 0.05) is 18.1 Å². The predicted molar refractivity (Wildman–Crippen MR) is 101 cm³/mol. The van der Waals surface area contributed by atoms with Crippen LogP contribution < -0.4 is 5.32 Å². The van der Waals surface area contributed by atoms with E-state index in [1.165, 1.54) is 6.26 Å². The van der Waals surface area contributed by atoms with E-state index in [2.05, 4.69) is 24.1 Å². The van der Waals surface area contributed by atoms with Crippen LogP contribution in [0.1, 0.15) is 70.8 Å². The Morgan fingerprint density at radius 3 is 2.41 bits per heavy atom. The number of amides is 1. The quantitative estimate of drug-likeness (QED) is 0.717. The van der Waals surface area contributed by atoms with Crippen molar-refractivity contribution in [3.63, 3.8) is 0 Å². The molecule has 0 radical (unpaired) electrons. The van der Waals surface area contributed by atoms with E-state index < -0.39 is 5.97 Å². The Kier molecular flexibility index (Phi) is 7.50. The number of aromatic nitrogens is 1. The topological polar surface area (TPSA) is 93.9 Å². The molecule has 1 saturated heterocycles. The first-order chi connectivity index (χ1) is 12.9. The minimum Gasteiger partial charge on any atom is -0.461 e. The number of carbonyl (C=O) groups excluding carboxylic acids is 2. The normalized spacial score (nSPS) is 22.6. The number of esters is 1. The van der Waals surface area contributed by atoms with Gasteiger partial charge in [-0.1, -0.05) is 13.8 Å². The van der Waals surface area contributed by atoms with Crippen molar-refractivity contribution < 1.29 is 23.5 Å². The van der Waals surface area contributed by atoms with Crippen LogP contribution in [-0.4, -0.2) is 52.8 Å². The average Bonchev–Trinajstić information content (AvgIpc) is 3.08. The molecule has 152 valence electrons. The van der Waals surface area contributed by atoms with E-state index in [1.54, 1.807) is 6.92 Å². The van der Waals surface area contributed by atoms with Crippen LogP contribution >= 0.6 is 0 Å². The number of hydrogen-bond donors (Lipinski definition) is 1. The van der Waals surface area contributed by atoms with Gasteiger partial charge in [-0.05, 0) is 46.5 Å². The van der Waals surface area contributed by atoms with Crippen molar-refractivity contribution in [1.82, 2.24) is 9.88 Å². The van der Waals surface area contributed by atoms with E-state index in [-0.39, 0.29) is 42.6 Å². The van der Waals surface area contributed by atoms with E-state index in [9.17, 15) is 9.59 Å². The Hall–Kier alpha value is -2.25. The van der Waals surface area contributed by atoms with Crippen molar-refractivity contribution in [2.45, 2.75) is 84.5 Å². The van der Waals surface area contributed by atoms with Gasteiger partial charge in [-0.3, -0.25) is 0 Å². The second kappa shape index (κ2) is 9.62. The van der Waals surface area contributed by atoms with Crippen LogP contribution in [-0.2, 0) is 9.47 Å². The predicted octanol–water partition coefficient (Wildman–Crippen LogP) is 3.83. The fourth-order valence-electron chi connectivity index (χ4n) is 3.50. The SMILES string of the molecule is CCOC(=O)c1coc(NC2C[C@@H](CC)N(C(=O)OC(C)C)[C@@H](CC)C2)n1. The maximum Gasteiger partial charge on any atom is 0.410 e. The molecule has 1 amide bonds. The third kappa shape index (κ3) is 5.37. The summed E-state index contributed by atoms with van der Waals surface area (Å²) in [5.74, 6) is -0.501. The van der Waals surface area contributed by atoms with Gasteiger partial charge in [0.15, 0.2) is 5.69 Å². The van der Waals surface area contributed by atoms with Gasteiger partial charge < -0.3 is 24.1 Å². The molecule has 3 atom stereocenters. The van der Waals surface area contributed by atoms with Gasteiger partial charge in [-0.2, -0.15) is 4.98 Å². The maximum absolute atomic E-state index is 12.6. The van der Waals surface area contributed by atoms with Gasteiger partial charge in [0.2, 0.25) is 0 Å². The van der Waals surface area contributed by atoms with E-state index >= 15 is 0 Å². The zero-order valence-corrected chi connectivity index (χ0v) is 16.9. The highest BCUT2D eigenvalue weighted by atomic mass is 16.6. The van der Waals surface area contributed by atoms with Crippen LogP contribution in [0.5, 0.6) is 0 Å². The third-order valence-corrected chi connectivity index (χ3v) is 4.71. The molecule has 1 N–H and O–H groups in total. The summed E-state index contributed by atoms with van der Waals surface area (Å²) < 4.78 is 15.7. The Bertz CT molecular complexity index is 617. The average molecular weight is 381 g/mol. The zero-order valence-electron chi connectivity index (χ0n) is 16.9. The van der Waals surface area contributed by atoms with Crippen LogP contribution in [0.25, 0.3) is 0 Å². The summed E-state index contributed by atoms with van der Waals surface area (Å²) in [5, 5.41) is 3.26. The summed E-state index contributed by atoms with van der Waals surface area (Å²) in [4.78, 5) is 30.3. The molecule has 0 saturated carbocycles. The van der Waals surface area contributed by atoms with Crippen LogP contribution in [0.15, 0.2) is 10.7 Å². The van der Waals surface area contributed by atoms with E-state index in [4.69, 9.17) is 13.9 Å². The summed E-state index contributed by atoms with van der Waals surface area (Å²) in [5.41, 5.74) is 0.149. The summed E-state index contributed by atoms with van der Waals surface area (Å²) >= 11 is 0. The van der Waals surface area contributed by atoms with Crippen LogP contribution in [0.3, 0.4) is 0 Å². The van der Waals surface area contributed by atoms with Crippen LogP contribution in [0.2, 0.25) is 0 Å². The Labute approximate surface area is 160 Å². The lowest BCUT2D eigenvalue weighted by atomic mass is 9.89. The summed E-state index contributed by atoms with van der Waals surface area (Å²) in [6.07, 6.45) is 4.10. The van der Waals surface area contributed by atoms with Crippen molar-refractivity contribution in [2.75, 3.05) is 11.9 Å². The van der Waals surface area contributed by atoms with E-state index in [0.29, 0.717) is 6.01 Å². The van der Waals surface area contributed by atoms with Gasteiger partial charge in [-0.15, -0.1) is 0 Å². The highest BCUT2D eigenvalue weighted by Gasteiger charge is 2.38. The van der Waals surface area contributed by atoms with Crippen LogP contribution in [0, 0.1) is 0 Å². The molecule has 1 aromatic rings. The molecule has 2 heterocycles. The van der Waals surface area contributed by atoms with Gasteiger partial charge in [-0.25, -0.2) is 9.59 Å². The summed E-state index contributed by atoms with van der Waals surface area (Å²) in [6, 6.07) is 0.543. The Balaban J connectivity index is 2.06. The van der Waals surface area contributed by atoms with Crippen molar-refractivity contribution in [3.8, 4) is 0 Å². The van der Waals surface area contributed by atoms with Crippen molar-refractivity contribution in [3.05, 3.63) is 12.0 Å². The van der Waals surface area contributed by atoms with Gasteiger partial charge in [0.05, 0.1) is 12.7 Å². The van der Waals surface area contributed by atoms with Gasteiger partial charge in [0.1, 0.15) is 6.26 Å². The lowest BCUT2D eigenvalue weighted by molar-refractivity contribution is 0.0252. The summed E-state index contributed by atoms with van der Waals surface area (Å²) in [6.45, 7) is 9.88.